The zero-order valence-corrected chi connectivity index (χ0v) is 20.3. The van der Waals surface area contributed by atoms with Crippen molar-refractivity contribution in [1.29, 1.82) is 0 Å². The molecule has 182 valence electrons. The summed E-state index contributed by atoms with van der Waals surface area (Å²) >= 11 is 0. The third-order valence-electron chi connectivity index (χ3n) is 4.30. The van der Waals surface area contributed by atoms with Crippen molar-refractivity contribution in [3.8, 4) is 23.0 Å². The van der Waals surface area contributed by atoms with E-state index in [0.29, 0.717) is 26.4 Å². The first-order chi connectivity index (χ1) is 15.7. The molecule has 0 heterocycles. The van der Waals surface area contributed by atoms with E-state index >= 15 is 0 Å². The van der Waals surface area contributed by atoms with Crippen molar-refractivity contribution in [1.82, 2.24) is 0 Å². The van der Waals surface area contributed by atoms with Crippen molar-refractivity contribution in [3.63, 3.8) is 0 Å². The van der Waals surface area contributed by atoms with Crippen LogP contribution in [-0.2, 0) is 0 Å². The van der Waals surface area contributed by atoms with Crippen molar-refractivity contribution >= 4 is 12.4 Å². The lowest BCUT2D eigenvalue weighted by molar-refractivity contribution is 0.301. The normalized spacial score (nSPS) is 10.9. The van der Waals surface area contributed by atoms with Crippen LogP contribution in [0.3, 0.4) is 0 Å². The van der Waals surface area contributed by atoms with E-state index in [1.807, 2.05) is 36.4 Å². The third kappa shape index (κ3) is 9.95. The van der Waals surface area contributed by atoms with Gasteiger partial charge in [0.1, 0.15) is 23.0 Å². The van der Waals surface area contributed by atoms with Crippen LogP contribution in [0.15, 0.2) is 46.6 Å². The van der Waals surface area contributed by atoms with Gasteiger partial charge in [-0.1, -0.05) is 27.7 Å². The molecule has 0 saturated heterocycles. The highest BCUT2D eigenvalue weighted by atomic mass is 16.5. The number of ether oxygens (including phenoxy) is 4. The predicted molar refractivity (Wildman–Crippen MR) is 135 cm³/mol. The summed E-state index contributed by atoms with van der Waals surface area (Å²) in [6, 6.07) is 11.5. The average molecular weight is 459 g/mol. The molecule has 0 aromatic heterocycles. The predicted octanol–water partition coefficient (Wildman–Crippen LogP) is 5.47. The SMILES string of the molecule is CCCOc1ccc(/C=N/N=C/c2ccc(OCCC)cc2OCCC)c(OCCC)c1.O. The quantitative estimate of drug-likeness (QED) is 0.261. The van der Waals surface area contributed by atoms with Gasteiger partial charge < -0.3 is 24.4 Å². The van der Waals surface area contributed by atoms with Crippen LogP contribution in [0.5, 0.6) is 23.0 Å². The van der Waals surface area contributed by atoms with Crippen LogP contribution in [0, 0.1) is 0 Å². The molecule has 2 aromatic rings. The van der Waals surface area contributed by atoms with E-state index in [1.165, 1.54) is 0 Å². The fourth-order valence-electron chi connectivity index (χ4n) is 2.73. The number of hydrogen-bond acceptors (Lipinski definition) is 6. The zero-order chi connectivity index (χ0) is 23.0. The fraction of sp³-hybridized carbons (Fsp3) is 0.462. The molecule has 0 saturated carbocycles. The summed E-state index contributed by atoms with van der Waals surface area (Å²) in [4.78, 5) is 0. The van der Waals surface area contributed by atoms with Crippen LogP contribution in [0.2, 0.25) is 0 Å². The Morgan fingerprint density at radius 3 is 1.30 bits per heavy atom. The largest absolute Gasteiger partial charge is 0.493 e. The van der Waals surface area contributed by atoms with Gasteiger partial charge in [-0.3, -0.25) is 0 Å². The first-order valence-corrected chi connectivity index (χ1v) is 11.6. The second-order valence-electron chi connectivity index (χ2n) is 7.28. The Morgan fingerprint density at radius 2 is 0.939 bits per heavy atom. The summed E-state index contributed by atoms with van der Waals surface area (Å²) in [6.45, 7) is 10.9. The highest BCUT2D eigenvalue weighted by Gasteiger charge is 2.06. The lowest BCUT2D eigenvalue weighted by atomic mass is 10.2. The number of rotatable bonds is 15. The Labute approximate surface area is 197 Å². The lowest BCUT2D eigenvalue weighted by Crippen LogP contribution is -2.01. The molecule has 7 nitrogen and oxygen atoms in total. The van der Waals surface area contributed by atoms with E-state index in [-0.39, 0.29) is 5.48 Å². The molecule has 0 aliphatic carbocycles. The molecule has 0 bridgehead atoms. The van der Waals surface area contributed by atoms with Crippen LogP contribution >= 0.6 is 0 Å². The minimum Gasteiger partial charge on any atom is -0.493 e. The van der Waals surface area contributed by atoms with Gasteiger partial charge in [0.2, 0.25) is 0 Å². The first kappa shape index (κ1) is 28.0. The van der Waals surface area contributed by atoms with Gasteiger partial charge in [0.15, 0.2) is 0 Å². The summed E-state index contributed by atoms with van der Waals surface area (Å²) < 4.78 is 23.2. The fourth-order valence-corrected chi connectivity index (χ4v) is 2.73. The maximum atomic E-state index is 5.87. The van der Waals surface area contributed by atoms with E-state index in [9.17, 15) is 0 Å². The second kappa shape index (κ2) is 16.6. The lowest BCUT2D eigenvalue weighted by Gasteiger charge is -2.11. The molecule has 7 heteroatoms. The van der Waals surface area contributed by atoms with E-state index in [2.05, 4.69) is 37.9 Å². The van der Waals surface area contributed by atoms with Crippen molar-refractivity contribution in [3.05, 3.63) is 47.5 Å². The molecule has 33 heavy (non-hydrogen) atoms. The Kier molecular flexibility index (Phi) is 14.0. The minimum absolute atomic E-state index is 0. The molecule has 0 aliphatic heterocycles. The van der Waals surface area contributed by atoms with Crippen molar-refractivity contribution in [2.75, 3.05) is 26.4 Å². The van der Waals surface area contributed by atoms with E-state index in [0.717, 1.165) is 59.8 Å². The molecule has 0 radical (unpaired) electrons. The molecule has 0 unspecified atom stereocenters. The Morgan fingerprint density at radius 1 is 0.576 bits per heavy atom. The number of nitrogens with zero attached hydrogens (tertiary/aromatic N) is 2. The molecular weight excluding hydrogens is 420 g/mol. The molecule has 0 atom stereocenters. The van der Waals surface area contributed by atoms with Gasteiger partial charge in [-0.25, -0.2) is 0 Å². The highest BCUT2D eigenvalue weighted by Crippen LogP contribution is 2.25. The topological polar surface area (TPSA) is 93.1 Å². The molecule has 0 amide bonds. The monoisotopic (exact) mass is 458 g/mol. The number of hydrogen-bond donors (Lipinski definition) is 0. The van der Waals surface area contributed by atoms with Crippen LogP contribution < -0.4 is 18.9 Å². The first-order valence-electron chi connectivity index (χ1n) is 11.6. The molecule has 0 aliphatic rings. The van der Waals surface area contributed by atoms with Gasteiger partial charge in [0, 0.05) is 23.3 Å². The molecule has 2 N–H and O–H groups in total. The Balaban J connectivity index is 0.00000544. The van der Waals surface area contributed by atoms with Crippen LogP contribution in [0.25, 0.3) is 0 Å². The molecule has 2 aromatic carbocycles. The summed E-state index contributed by atoms with van der Waals surface area (Å²) in [5.41, 5.74) is 1.70. The zero-order valence-electron chi connectivity index (χ0n) is 20.3. The summed E-state index contributed by atoms with van der Waals surface area (Å²) in [6.07, 6.45) is 7.14. The smallest absolute Gasteiger partial charge is 0.131 e. The van der Waals surface area contributed by atoms with E-state index < -0.39 is 0 Å². The number of benzene rings is 2. The van der Waals surface area contributed by atoms with Crippen molar-refractivity contribution in [2.24, 2.45) is 10.2 Å². The van der Waals surface area contributed by atoms with Crippen molar-refractivity contribution in [2.45, 2.75) is 53.4 Å². The molecule has 0 spiro atoms. The van der Waals surface area contributed by atoms with Gasteiger partial charge in [-0.15, -0.1) is 0 Å². The van der Waals surface area contributed by atoms with E-state index in [4.69, 9.17) is 18.9 Å². The highest BCUT2D eigenvalue weighted by molar-refractivity contribution is 5.86. The standard InChI is InChI=1S/C26H36N2O4.H2O/c1-5-13-29-23-11-9-21(25(17-23)31-15-7-3)19-27-28-20-22-10-12-24(30-14-6-2)18-26(22)32-16-8-4;/h9-12,17-20H,5-8,13-16H2,1-4H3;1H2/b27-19+,28-20+;. The molecule has 0 fully saturated rings. The van der Waals surface area contributed by atoms with Crippen LogP contribution in [0.4, 0.5) is 0 Å². The van der Waals surface area contributed by atoms with Gasteiger partial charge in [0.25, 0.3) is 0 Å². The maximum absolute atomic E-state index is 5.87. The third-order valence-corrected chi connectivity index (χ3v) is 4.30. The van der Waals surface area contributed by atoms with E-state index in [1.54, 1.807) is 12.4 Å². The van der Waals surface area contributed by atoms with Crippen LogP contribution in [-0.4, -0.2) is 44.3 Å². The van der Waals surface area contributed by atoms with Gasteiger partial charge in [-0.05, 0) is 49.9 Å². The maximum Gasteiger partial charge on any atom is 0.131 e. The summed E-state index contributed by atoms with van der Waals surface area (Å²) in [5.74, 6) is 3.07. The summed E-state index contributed by atoms with van der Waals surface area (Å²) in [7, 11) is 0. The Bertz CT molecular complexity index is 796. The molecule has 2 rings (SSSR count). The molecular formula is C26H38N2O5. The second-order valence-corrected chi connectivity index (χ2v) is 7.28. The Hall–Kier alpha value is -3.06. The van der Waals surface area contributed by atoms with Crippen LogP contribution in [0.1, 0.15) is 64.5 Å². The average Bonchev–Trinajstić information content (AvgIpc) is 2.82. The van der Waals surface area contributed by atoms with Crippen molar-refractivity contribution < 1.29 is 24.4 Å². The van der Waals surface area contributed by atoms with Gasteiger partial charge in [0.05, 0.1) is 38.9 Å². The summed E-state index contributed by atoms with van der Waals surface area (Å²) in [5, 5.41) is 8.46. The van der Waals surface area contributed by atoms with Gasteiger partial charge >= 0.3 is 0 Å². The van der Waals surface area contributed by atoms with Gasteiger partial charge in [-0.2, -0.15) is 10.2 Å². The minimum atomic E-state index is 0.